The second-order valence-corrected chi connectivity index (χ2v) is 8.14. The Morgan fingerprint density at radius 2 is 1.90 bits per heavy atom. The van der Waals surface area contributed by atoms with E-state index in [4.69, 9.17) is 9.73 Å². The molecule has 0 amide bonds. The Balaban J connectivity index is 0.00000256. The van der Waals surface area contributed by atoms with Crippen molar-refractivity contribution in [2.75, 3.05) is 59.0 Å². The van der Waals surface area contributed by atoms with Gasteiger partial charge in [0.25, 0.3) is 0 Å². The maximum atomic E-state index is 5.48. The summed E-state index contributed by atoms with van der Waals surface area (Å²) in [4.78, 5) is 9.99. The van der Waals surface area contributed by atoms with Gasteiger partial charge in [-0.25, -0.2) is 0 Å². The molecule has 6 heteroatoms. The van der Waals surface area contributed by atoms with Crippen molar-refractivity contribution in [3.63, 3.8) is 0 Å². The summed E-state index contributed by atoms with van der Waals surface area (Å²) in [6.07, 6.45) is 2.23. The summed E-state index contributed by atoms with van der Waals surface area (Å²) in [6.45, 7) is 11.2. The summed E-state index contributed by atoms with van der Waals surface area (Å²) in [6, 6.07) is 15.2. The van der Waals surface area contributed by atoms with Gasteiger partial charge in [-0.3, -0.25) is 9.89 Å². The number of rotatable bonds is 6. The normalized spacial score (nSPS) is 20.4. The van der Waals surface area contributed by atoms with E-state index in [0.29, 0.717) is 0 Å². The monoisotopic (exact) mass is 522 g/mol. The second kappa shape index (κ2) is 11.9. The van der Waals surface area contributed by atoms with Gasteiger partial charge in [0.1, 0.15) is 0 Å². The van der Waals surface area contributed by atoms with E-state index in [1.54, 1.807) is 0 Å². The topological polar surface area (TPSA) is 40.1 Å². The average Bonchev–Trinajstić information content (AvgIpc) is 3.22. The van der Waals surface area contributed by atoms with Crippen LogP contribution in [-0.4, -0.2) is 74.8 Å². The number of aliphatic imine (C=N–C) groups is 1. The molecule has 2 aliphatic heterocycles. The Labute approximate surface area is 197 Å². The lowest BCUT2D eigenvalue weighted by Gasteiger charge is -2.29. The standard InChI is InChI=1S/C24H34N4O.HI/c1-2-25-24(28-13-11-20(19-28)18-27-14-16-29-17-15-27)26-12-10-22-8-5-7-21-6-3-4-9-23(21)22;/h3-9,20H,2,10-19H2,1H3,(H,25,26);1H. The molecule has 0 radical (unpaired) electrons. The van der Waals surface area contributed by atoms with Gasteiger partial charge in [-0.15, -0.1) is 24.0 Å². The smallest absolute Gasteiger partial charge is 0.193 e. The lowest BCUT2D eigenvalue weighted by molar-refractivity contribution is 0.0315. The van der Waals surface area contributed by atoms with E-state index in [1.165, 1.54) is 29.3 Å². The van der Waals surface area contributed by atoms with Crippen LogP contribution in [0.2, 0.25) is 0 Å². The first-order valence-corrected chi connectivity index (χ1v) is 11.1. The Morgan fingerprint density at radius 3 is 2.73 bits per heavy atom. The van der Waals surface area contributed by atoms with Crippen LogP contribution >= 0.6 is 24.0 Å². The first-order valence-electron chi connectivity index (χ1n) is 11.1. The summed E-state index contributed by atoms with van der Waals surface area (Å²) in [5.41, 5.74) is 1.38. The van der Waals surface area contributed by atoms with E-state index in [9.17, 15) is 0 Å². The van der Waals surface area contributed by atoms with Crippen LogP contribution in [-0.2, 0) is 11.2 Å². The van der Waals surface area contributed by atoms with Gasteiger partial charge in [-0.1, -0.05) is 42.5 Å². The molecule has 1 N–H and O–H groups in total. The number of halogens is 1. The largest absolute Gasteiger partial charge is 0.379 e. The van der Waals surface area contributed by atoms with Crippen LogP contribution in [0.3, 0.4) is 0 Å². The van der Waals surface area contributed by atoms with Crippen LogP contribution in [0.5, 0.6) is 0 Å². The first kappa shape index (κ1) is 23.3. The Kier molecular flexibility index (Phi) is 9.21. The van der Waals surface area contributed by atoms with Crippen molar-refractivity contribution >= 4 is 40.7 Å². The molecule has 2 fully saturated rings. The zero-order chi connectivity index (χ0) is 19.9. The molecule has 2 aromatic rings. The molecule has 5 nitrogen and oxygen atoms in total. The number of ether oxygens (including phenoxy) is 1. The molecule has 2 aliphatic rings. The van der Waals surface area contributed by atoms with E-state index in [0.717, 1.165) is 70.8 Å². The molecule has 2 heterocycles. The highest BCUT2D eigenvalue weighted by Gasteiger charge is 2.27. The fraction of sp³-hybridized carbons (Fsp3) is 0.542. The van der Waals surface area contributed by atoms with E-state index >= 15 is 0 Å². The van der Waals surface area contributed by atoms with Crippen LogP contribution in [0.4, 0.5) is 0 Å². The average molecular weight is 522 g/mol. The molecule has 4 rings (SSSR count). The minimum atomic E-state index is 0. The van der Waals surface area contributed by atoms with Crippen LogP contribution in [0.25, 0.3) is 10.8 Å². The molecule has 30 heavy (non-hydrogen) atoms. The van der Waals surface area contributed by atoms with Gasteiger partial charge in [-0.2, -0.15) is 0 Å². The molecular weight excluding hydrogens is 487 g/mol. The quantitative estimate of drug-likeness (QED) is 0.358. The number of hydrogen-bond donors (Lipinski definition) is 1. The number of hydrogen-bond acceptors (Lipinski definition) is 3. The predicted octanol–water partition coefficient (Wildman–Crippen LogP) is 3.62. The lowest BCUT2D eigenvalue weighted by Crippen LogP contribution is -2.42. The zero-order valence-corrected chi connectivity index (χ0v) is 20.4. The highest BCUT2D eigenvalue weighted by molar-refractivity contribution is 14.0. The van der Waals surface area contributed by atoms with Crippen LogP contribution < -0.4 is 5.32 Å². The number of guanidine groups is 1. The van der Waals surface area contributed by atoms with Gasteiger partial charge in [0.05, 0.1) is 13.2 Å². The van der Waals surface area contributed by atoms with Crippen LogP contribution in [0.15, 0.2) is 47.5 Å². The third-order valence-corrected chi connectivity index (χ3v) is 6.06. The van der Waals surface area contributed by atoms with E-state index in [1.807, 2.05) is 0 Å². The molecule has 1 unspecified atom stereocenters. The molecule has 2 aromatic carbocycles. The maximum Gasteiger partial charge on any atom is 0.193 e. The number of fused-ring (bicyclic) bond motifs is 1. The molecule has 0 aliphatic carbocycles. The van der Waals surface area contributed by atoms with Gasteiger partial charge in [0.2, 0.25) is 0 Å². The minimum Gasteiger partial charge on any atom is -0.379 e. The molecule has 2 saturated heterocycles. The molecule has 0 saturated carbocycles. The van der Waals surface area contributed by atoms with Crippen molar-refractivity contribution in [3.05, 3.63) is 48.0 Å². The lowest BCUT2D eigenvalue weighted by atomic mass is 10.0. The SMILES string of the molecule is CCNC(=NCCc1cccc2ccccc12)N1CCC(CN2CCOCC2)C1.I. The van der Waals surface area contributed by atoms with Crippen molar-refractivity contribution in [2.24, 2.45) is 10.9 Å². The Morgan fingerprint density at radius 1 is 1.10 bits per heavy atom. The molecule has 164 valence electrons. The number of likely N-dealkylation sites (tertiary alicyclic amines) is 1. The Bertz CT molecular complexity index is 816. The highest BCUT2D eigenvalue weighted by atomic mass is 127. The number of benzene rings is 2. The van der Waals surface area contributed by atoms with Crippen molar-refractivity contribution < 1.29 is 4.74 Å². The van der Waals surface area contributed by atoms with E-state index in [2.05, 4.69) is 64.5 Å². The van der Waals surface area contributed by atoms with Crippen LogP contribution in [0.1, 0.15) is 18.9 Å². The Hall–Kier alpha value is -1.38. The van der Waals surface area contributed by atoms with Gasteiger partial charge in [0, 0.05) is 45.8 Å². The first-order chi connectivity index (χ1) is 14.3. The van der Waals surface area contributed by atoms with Crippen molar-refractivity contribution in [2.45, 2.75) is 19.8 Å². The van der Waals surface area contributed by atoms with Crippen LogP contribution in [0, 0.1) is 5.92 Å². The number of nitrogens with one attached hydrogen (secondary N) is 1. The number of morpholine rings is 1. The summed E-state index contributed by atoms with van der Waals surface area (Å²) in [5.74, 6) is 1.81. The van der Waals surface area contributed by atoms with Gasteiger partial charge in [0.15, 0.2) is 5.96 Å². The summed E-state index contributed by atoms with van der Waals surface area (Å²) in [5, 5.41) is 6.17. The van der Waals surface area contributed by atoms with Crippen molar-refractivity contribution in [3.8, 4) is 0 Å². The third-order valence-electron chi connectivity index (χ3n) is 6.06. The highest BCUT2D eigenvalue weighted by Crippen LogP contribution is 2.20. The van der Waals surface area contributed by atoms with E-state index < -0.39 is 0 Å². The zero-order valence-electron chi connectivity index (χ0n) is 18.1. The fourth-order valence-electron chi connectivity index (χ4n) is 4.54. The van der Waals surface area contributed by atoms with Gasteiger partial charge < -0.3 is 15.0 Å². The van der Waals surface area contributed by atoms with Crippen molar-refractivity contribution in [1.82, 2.24) is 15.1 Å². The van der Waals surface area contributed by atoms with Crippen molar-refractivity contribution in [1.29, 1.82) is 0 Å². The molecule has 0 bridgehead atoms. The molecular formula is C24H35IN4O. The molecule has 0 aromatic heterocycles. The summed E-state index contributed by atoms with van der Waals surface area (Å²) >= 11 is 0. The minimum absolute atomic E-state index is 0. The molecule has 0 spiro atoms. The van der Waals surface area contributed by atoms with E-state index in [-0.39, 0.29) is 24.0 Å². The second-order valence-electron chi connectivity index (χ2n) is 8.14. The third kappa shape index (κ3) is 6.08. The summed E-state index contributed by atoms with van der Waals surface area (Å²) < 4.78 is 5.48. The fourth-order valence-corrected chi connectivity index (χ4v) is 4.54. The summed E-state index contributed by atoms with van der Waals surface area (Å²) in [7, 11) is 0. The number of nitrogens with zero attached hydrogens (tertiary/aromatic N) is 3. The predicted molar refractivity (Wildman–Crippen MR) is 136 cm³/mol. The maximum absolute atomic E-state index is 5.48. The van der Waals surface area contributed by atoms with Gasteiger partial charge >= 0.3 is 0 Å². The van der Waals surface area contributed by atoms with Gasteiger partial charge in [-0.05, 0) is 42.0 Å². The molecule has 1 atom stereocenters.